The predicted octanol–water partition coefficient (Wildman–Crippen LogP) is 1.50. The predicted molar refractivity (Wildman–Crippen MR) is 63.5 cm³/mol. The van der Waals surface area contributed by atoms with Crippen molar-refractivity contribution in [2.75, 3.05) is 13.7 Å². The van der Waals surface area contributed by atoms with Gasteiger partial charge in [0.25, 0.3) is 0 Å². The molecule has 0 heterocycles. The third kappa shape index (κ3) is 10.6. The van der Waals surface area contributed by atoms with Gasteiger partial charge < -0.3 is 28.8 Å². The average Bonchev–Trinajstić information content (AvgIpc) is 2.22. The summed E-state index contributed by atoms with van der Waals surface area (Å²) in [5.74, 6) is 0. The zero-order chi connectivity index (χ0) is 13.3. The smallest absolute Gasteiger partial charge is 0.344 e. The molecule has 11 heteroatoms. The Morgan fingerprint density at radius 3 is 2.18 bits per heavy atom. The van der Waals surface area contributed by atoms with Crippen LogP contribution in [0.5, 0.6) is 0 Å². The van der Waals surface area contributed by atoms with E-state index in [-0.39, 0.29) is 12.7 Å². The minimum atomic E-state index is -2.73. The summed E-state index contributed by atoms with van der Waals surface area (Å²) in [7, 11) is -6.10. The number of hydrogen-bond donors (Lipinski definition) is 4. The van der Waals surface area contributed by atoms with Crippen molar-refractivity contribution in [2.24, 2.45) is 0 Å². The van der Waals surface area contributed by atoms with E-state index in [1.54, 1.807) is 0 Å². The van der Waals surface area contributed by atoms with Crippen molar-refractivity contribution < 1.29 is 37.5 Å². The largest absolute Gasteiger partial charge is 0.379 e. The molecule has 0 amide bonds. The van der Waals surface area contributed by atoms with Crippen LogP contribution in [0.25, 0.3) is 0 Å². The highest BCUT2D eigenvalue weighted by Crippen LogP contribution is 2.55. The molecule has 0 aromatic heterocycles. The lowest BCUT2D eigenvalue weighted by molar-refractivity contribution is 0.0475. The van der Waals surface area contributed by atoms with Crippen molar-refractivity contribution in [3.8, 4) is 0 Å². The molecule has 0 aromatic carbocycles. The summed E-state index contributed by atoms with van der Waals surface area (Å²) in [5.41, 5.74) is 0. The van der Waals surface area contributed by atoms with Crippen molar-refractivity contribution in [1.29, 1.82) is 0 Å². The molecule has 17 heavy (non-hydrogen) atoms. The van der Waals surface area contributed by atoms with Gasteiger partial charge in [0, 0.05) is 7.11 Å². The van der Waals surface area contributed by atoms with Crippen LogP contribution >= 0.6 is 25.8 Å². The van der Waals surface area contributed by atoms with Crippen LogP contribution in [0, 0.1) is 0 Å². The third-order valence-electron chi connectivity index (χ3n) is 1.60. The fourth-order valence-electron chi connectivity index (χ4n) is 0.899. The molecule has 0 aliphatic rings. The molecule has 0 fully saturated rings. The lowest BCUT2D eigenvalue weighted by atomic mass is 10.2. The first-order valence-electron chi connectivity index (χ1n) is 4.67. The molecular formula is C6H17O8P3. The number of methoxy groups -OCH3 is 1. The first-order valence-corrected chi connectivity index (χ1v) is 8.09. The maximum Gasteiger partial charge on any atom is 0.344 e. The number of ether oxygens (including phenoxy) is 1. The molecule has 0 saturated heterocycles. The molecule has 0 aliphatic carbocycles. The quantitative estimate of drug-likeness (QED) is 0.448. The summed E-state index contributed by atoms with van der Waals surface area (Å²) in [6.45, 7) is 2.10. The molecule has 8 nitrogen and oxygen atoms in total. The van der Waals surface area contributed by atoms with Crippen molar-refractivity contribution in [3.05, 3.63) is 0 Å². The van der Waals surface area contributed by atoms with Crippen molar-refractivity contribution in [3.63, 3.8) is 0 Å². The Balaban J connectivity index is 3.73. The van der Waals surface area contributed by atoms with Crippen LogP contribution in [0.1, 0.15) is 19.8 Å². The first-order chi connectivity index (χ1) is 7.99. The summed E-state index contributed by atoms with van der Waals surface area (Å²) >= 11 is 0. The Bertz CT molecular complexity index is 185. The minimum Gasteiger partial charge on any atom is -0.379 e. The molecule has 4 N–H and O–H groups in total. The van der Waals surface area contributed by atoms with Crippen LogP contribution in [-0.4, -0.2) is 39.4 Å². The topological polar surface area (TPSA) is 118 Å². The Labute approximate surface area is 103 Å². The molecule has 0 aliphatic heterocycles. The average molecular weight is 310 g/mol. The van der Waals surface area contributed by atoms with Crippen LogP contribution in [0.3, 0.4) is 0 Å². The maximum atomic E-state index is 9.23. The fourth-order valence-corrected chi connectivity index (χ4v) is 2.75. The lowest BCUT2D eigenvalue weighted by Crippen LogP contribution is -2.16. The van der Waals surface area contributed by atoms with E-state index >= 15 is 0 Å². The van der Waals surface area contributed by atoms with E-state index in [4.69, 9.17) is 23.9 Å². The van der Waals surface area contributed by atoms with Gasteiger partial charge in [-0.05, 0) is 6.42 Å². The van der Waals surface area contributed by atoms with Crippen molar-refractivity contribution >= 4 is 25.8 Å². The minimum absolute atomic E-state index is 0.114. The molecule has 104 valence electrons. The van der Waals surface area contributed by atoms with Crippen LogP contribution in [-0.2, 0) is 17.9 Å². The maximum absolute atomic E-state index is 9.23. The van der Waals surface area contributed by atoms with Gasteiger partial charge in [-0.25, -0.2) is 8.62 Å². The molecule has 3 atom stereocenters. The monoisotopic (exact) mass is 310 g/mol. The summed E-state index contributed by atoms with van der Waals surface area (Å²) in [4.78, 5) is 35.0. The Morgan fingerprint density at radius 1 is 1.06 bits per heavy atom. The summed E-state index contributed by atoms with van der Waals surface area (Å²) in [6, 6.07) is 0. The van der Waals surface area contributed by atoms with Gasteiger partial charge in [0.1, 0.15) is 0 Å². The number of rotatable bonds is 10. The SMILES string of the molecule is CCCC(COP(O)OP(O)OP(O)O)OC. The van der Waals surface area contributed by atoms with E-state index in [0.717, 1.165) is 12.8 Å². The van der Waals surface area contributed by atoms with E-state index in [0.29, 0.717) is 0 Å². The molecule has 0 saturated carbocycles. The van der Waals surface area contributed by atoms with Gasteiger partial charge >= 0.3 is 25.8 Å². The molecule has 0 aromatic rings. The highest BCUT2D eigenvalue weighted by molar-refractivity contribution is 7.60. The van der Waals surface area contributed by atoms with Crippen LogP contribution < -0.4 is 0 Å². The van der Waals surface area contributed by atoms with E-state index in [1.165, 1.54) is 7.11 Å². The van der Waals surface area contributed by atoms with Crippen LogP contribution in [0.2, 0.25) is 0 Å². The molecular weight excluding hydrogens is 293 g/mol. The van der Waals surface area contributed by atoms with Gasteiger partial charge in [-0.3, -0.25) is 0 Å². The molecule has 3 unspecified atom stereocenters. The summed E-state index contributed by atoms with van der Waals surface area (Å²) in [5, 5.41) is 0. The Hall–Kier alpha value is 0.970. The molecule has 0 rings (SSSR count). The van der Waals surface area contributed by atoms with E-state index in [1.807, 2.05) is 6.92 Å². The van der Waals surface area contributed by atoms with Gasteiger partial charge in [0.05, 0.1) is 12.7 Å². The summed E-state index contributed by atoms with van der Waals surface area (Å²) in [6.07, 6.45) is 1.50. The van der Waals surface area contributed by atoms with Gasteiger partial charge in [-0.1, -0.05) is 13.3 Å². The normalized spacial score (nSPS) is 17.1. The molecule has 0 spiro atoms. The molecule has 0 radical (unpaired) electrons. The van der Waals surface area contributed by atoms with E-state index in [9.17, 15) is 4.89 Å². The second kappa shape index (κ2) is 10.9. The Morgan fingerprint density at radius 2 is 1.71 bits per heavy atom. The highest BCUT2D eigenvalue weighted by atomic mass is 31.3. The standard InChI is InChI=1S/C6H17O8P3/c1-3-4-6(11-2)5-12-16(9)14-17(10)13-15(7)8/h6-10H,3-5H2,1-2H3. The van der Waals surface area contributed by atoms with Crippen LogP contribution in [0.4, 0.5) is 0 Å². The lowest BCUT2D eigenvalue weighted by Gasteiger charge is -2.17. The van der Waals surface area contributed by atoms with Crippen molar-refractivity contribution in [1.82, 2.24) is 0 Å². The second-order valence-corrected chi connectivity index (χ2v) is 5.86. The van der Waals surface area contributed by atoms with Crippen molar-refractivity contribution in [2.45, 2.75) is 25.9 Å². The zero-order valence-corrected chi connectivity index (χ0v) is 12.1. The first kappa shape index (κ1) is 18.0. The van der Waals surface area contributed by atoms with E-state index < -0.39 is 25.8 Å². The summed E-state index contributed by atoms with van der Waals surface area (Å²) < 4.78 is 18.5. The highest BCUT2D eigenvalue weighted by Gasteiger charge is 2.21. The fraction of sp³-hybridized carbons (Fsp3) is 1.00. The zero-order valence-electron chi connectivity index (χ0n) is 9.46. The van der Waals surface area contributed by atoms with Gasteiger partial charge in [-0.15, -0.1) is 0 Å². The van der Waals surface area contributed by atoms with Gasteiger partial charge in [-0.2, -0.15) is 0 Å². The third-order valence-corrected chi connectivity index (χ3v) is 4.23. The number of hydrogen-bond acceptors (Lipinski definition) is 8. The van der Waals surface area contributed by atoms with Crippen LogP contribution in [0.15, 0.2) is 0 Å². The van der Waals surface area contributed by atoms with E-state index in [2.05, 4.69) is 8.62 Å². The molecule has 0 bridgehead atoms. The van der Waals surface area contributed by atoms with Gasteiger partial charge in [0.2, 0.25) is 0 Å². The Kier molecular flexibility index (Phi) is 11.5. The second-order valence-electron chi connectivity index (χ2n) is 2.83. The van der Waals surface area contributed by atoms with Gasteiger partial charge in [0.15, 0.2) is 0 Å².